The van der Waals surface area contributed by atoms with Gasteiger partial charge in [-0.05, 0) is 18.6 Å². The Kier molecular flexibility index (Phi) is 5.43. The quantitative estimate of drug-likeness (QED) is 0.773. The van der Waals surface area contributed by atoms with E-state index in [1.165, 1.54) is 0 Å². The number of nitrogens with zero attached hydrogens (tertiary/aromatic N) is 2. The highest BCUT2D eigenvalue weighted by molar-refractivity contribution is 6.23. The van der Waals surface area contributed by atoms with Crippen molar-refractivity contribution in [3.63, 3.8) is 0 Å². The summed E-state index contributed by atoms with van der Waals surface area (Å²) in [6.07, 6.45) is 6.49. The van der Waals surface area contributed by atoms with Crippen molar-refractivity contribution in [2.24, 2.45) is 15.9 Å². The van der Waals surface area contributed by atoms with E-state index in [1.54, 1.807) is 0 Å². The molecular formula is C15H14Cl2N2O. The minimum atomic E-state index is -0.268. The number of halogens is 2. The normalized spacial score (nSPS) is 18.9. The minimum Gasteiger partial charge on any atom is -0.302 e. The predicted molar refractivity (Wildman–Crippen MR) is 86.4 cm³/mol. The van der Waals surface area contributed by atoms with Crippen LogP contribution in [-0.2, 0) is 4.79 Å². The van der Waals surface area contributed by atoms with E-state index in [9.17, 15) is 4.79 Å². The van der Waals surface area contributed by atoms with E-state index in [0.717, 1.165) is 28.8 Å². The summed E-state index contributed by atoms with van der Waals surface area (Å²) in [5.74, 6) is 0.431. The second-order valence-electron chi connectivity index (χ2n) is 4.35. The Morgan fingerprint density at radius 1 is 1.15 bits per heavy atom. The van der Waals surface area contributed by atoms with Crippen LogP contribution in [0.25, 0.3) is 0 Å². The average Bonchev–Trinajstić information content (AvgIpc) is 2.82. The number of hydrogen-bond donors (Lipinski definition) is 0. The van der Waals surface area contributed by atoms with Gasteiger partial charge in [0.25, 0.3) is 0 Å². The van der Waals surface area contributed by atoms with E-state index in [0.29, 0.717) is 5.84 Å². The first-order valence-electron chi connectivity index (χ1n) is 5.87. The molecule has 0 saturated heterocycles. The molecule has 0 aromatic heterocycles. The molecule has 3 nitrogen and oxygen atoms in total. The highest BCUT2D eigenvalue weighted by Crippen LogP contribution is 2.24. The molecule has 1 aliphatic carbocycles. The zero-order valence-electron chi connectivity index (χ0n) is 10.8. The fourth-order valence-corrected chi connectivity index (χ4v) is 2.15. The van der Waals surface area contributed by atoms with Crippen molar-refractivity contribution in [2.75, 3.05) is 0 Å². The smallest absolute Gasteiger partial charge is 0.160 e. The van der Waals surface area contributed by atoms with Crippen LogP contribution in [0.1, 0.15) is 11.1 Å². The standard InChI is InChI=1S/C15H12N2O.2ClH/c1-10-5-2-3-7-12(10)15-16-13-8-4-6-11(9-18)14(13)17-15;;/h2-9,11H,1H3;2*1H. The Hall–Kier alpha value is -1.71. The molecule has 1 atom stereocenters. The number of carbonyl (C=O) groups excluding carboxylic acids is 1. The number of aldehydes is 1. The summed E-state index contributed by atoms with van der Waals surface area (Å²) >= 11 is 0. The van der Waals surface area contributed by atoms with E-state index in [2.05, 4.69) is 9.98 Å². The van der Waals surface area contributed by atoms with E-state index < -0.39 is 0 Å². The molecule has 2 aliphatic rings. The van der Waals surface area contributed by atoms with Gasteiger partial charge in [-0.2, -0.15) is 0 Å². The number of aliphatic imine (C=N–C) groups is 2. The number of allylic oxidation sites excluding steroid dienone is 4. The molecule has 104 valence electrons. The Morgan fingerprint density at radius 2 is 1.90 bits per heavy atom. The number of benzene rings is 1. The third-order valence-corrected chi connectivity index (χ3v) is 3.14. The van der Waals surface area contributed by atoms with Gasteiger partial charge in [0.1, 0.15) is 6.29 Å². The second-order valence-corrected chi connectivity index (χ2v) is 4.35. The summed E-state index contributed by atoms with van der Waals surface area (Å²) < 4.78 is 0. The maximum absolute atomic E-state index is 11.0. The van der Waals surface area contributed by atoms with Crippen LogP contribution >= 0.6 is 24.8 Å². The molecule has 0 radical (unpaired) electrons. The largest absolute Gasteiger partial charge is 0.302 e. The molecule has 0 spiro atoms. The van der Waals surface area contributed by atoms with Gasteiger partial charge in [0.15, 0.2) is 5.84 Å². The molecule has 1 unspecified atom stereocenters. The summed E-state index contributed by atoms with van der Waals surface area (Å²) in [6, 6.07) is 7.99. The summed E-state index contributed by atoms with van der Waals surface area (Å²) in [6.45, 7) is 2.03. The van der Waals surface area contributed by atoms with Crippen LogP contribution in [0.15, 0.2) is 58.2 Å². The monoisotopic (exact) mass is 308 g/mol. The second kappa shape index (κ2) is 6.64. The van der Waals surface area contributed by atoms with E-state index in [-0.39, 0.29) is 30.7 Å². The zero-order valence-corrected chi connectivity index (χ0v) is 12.4. The highest BCUT2D eigenvalue weighted by Gasteiger charge is 2.25. The lowest BCUT2D eigenvalue weighted by atomic mass is 9.98. The fraction of sp³-hybridized carbons (Fsp3) is 0.133. The number of carbonyl (C=O) groups is 1. The van der Waals surface area contributed by atoms with Crippen molar-refractivity contribution >= 4 is 42.6 Å². The zero-order chi connectivity index (χ0) is 12.5. The maximum atomic E-state index is 11.0. The van der Waals surface area contributed by atoms with Gasteiger partial charge >= 0.3 is 0 Å². The Morgan fingerprint density at radius 3 is 2.60 bits per heavy atom. The third-order valence-electron chi connectivity index (χ3n) is 3.14. The lowest BCUT2D eigenvalue weighted by Crippen LogP contribution is -2.15. The van der Waals surface area contributed by atoms with Crippen LogP contribution < -0.4 is 0 Å². The van der Waals surface area contributed by atoms with Crippen molar-refractivity contribution in [1.29, 1.82) is 0 Å². The Bertz CT molecular complexity index is 645. The molecule has 1 aromatic carbocycles. The molecule has 0 fully saturated rings. The van der Waals surface area contributed by atoms with Gasteiger partial charge in [0.05, 0.1) is 17.3 Å². The molecule has 0 saturated carbocycles. The molecule has 1 heterocycles. The van der Waals surface area contributed by atoms with Crippen LogP contribution in [0.2, 0.25) is 0 Å². The molecule has 0 N–H and O–H groups in total. The number of hydrogen-bond acceptors (Lipinski definition) is 3. The van der Waals surface area contributed by atoms with Gasteiger partial charge in [0.2, 0.25) is 0 Å². The van der Waals surface area contributed by atoms with Gasteiger partial charge in [-0.15, -0.1) is 24.8 Å². The van der Waals surface area contributed by atoms with E-state index >= 15 is 0 Å². The predicted octanol–water partition coefficient (Wildman–Crippen LogP) is 3.31. The van der Waals surface area contributed by atoms with Gasteiger partial charge in [-0.3, -0.25) is 0 Å². The van der Waals surface area contributed by atoms with Gasteiger partial charge < -0.3 is 4.79 Å². The summed E-state index contributed by atoms with van der Waals surface area (Å²) in [7, 11) is 0. The van der Waals surface area contributed by atoms with Gasteiger partial charge in [-0.1, -0.05) is 36.4 Å². The molecule has 0 bridgehead atoms. The van der Waals surface area contributed by atoms with E-state index in [4.69, 9.17) is 0 Å². The van der Waals surface area contributed by atoms with Crippen molar-refractivity contribution in [3.8, 4) is 0 Å². The van der Waals surface area contributed by atoms with E-state index in [1.807, 2.05) is 49.4 Å². The molecule has 0 amide bonds. The summed E-state index contributed by atoms with van der Waals surface area (Å²) in [4.78, 5) is 20.0. The summed E-state index contributed by atoms with van der Waals surface area (Å²) in [5, 5.41) is 0. The molecule has 1 aliphatic heterocycles. The molecule has 1 aromatic rings. The average molecular weight is 309 g/mol. The Labute approximate surface area is 130 Å². The van der Waals surface area contributed by atoms with Gasteiger partial charge in [-0.25, -0.2) is 9.98 Å². The number of amidine groups is 1. The Balaban J connectivity index is 0.000001000. The first kappa shape index (κ1) is 16.3. The SMILES string of the molecule is Cc1ccccc1C1=NC2=CC=CC(C=O)C2=N1.Cl.Cl. The van der Waals surface area contributed by atoms with Crippen molar-refractivity contribution in [1.82, 2.24) is 0 Å². The number of rotatable bonds is 2. The minimum absolute atomic E-state index is 0. The first-order chi connectivity index (χ1) is 8.79. The lowest BCUT2D eigenvalue weighted by Gasteiger charge is -2.08. The first-order valence-corrected chi connectivity index (χ1v) is 5.87. The van der Waals surface area contributed by atoms with Gasteiger partial charge in [0, 0.05) is 5.56 Å². The van der Waals surface area contributed by atoms with Crippen molar-refractivity contribution in [2.45, 2.75) is 6.92 Å². The fourth-order valence-electron chi connectivity index (χ4n) is 2.15. The number of aryl methyl sites for hydroxylation is 1. The molecule has 5 heteroatoms. The lowest BCUT2D eigenvalue weighted by molar-refractivity contribution is -0.108. The molecule has 20 heavy (non-hydrogen) atoms. The van der Waals surface area contributed by atoms with Crippen LogP contribution in [0.4, 0.5) is 0 Å². The topological polar surface area (TPSA) is 41.8 Å². The highest BCUT2D eigenvalue weighted by atomic mass is 35.5. The third kappa shape index (κ3) is 2.74. The van der Waals surface area contributed by atoms with Crippen LogP contribution in [0.5, 0.6) is 0 Å². The van der Waals surface area contributed by atoms with Crippen LogP contribution in [0, 0.1) is 12.8 Å². The molecule has 3 rings (SSSR count). The summed E-state index contributed by atoms with van der Waals surface area (Å²) in [5.41, 5.74) is 3.71. The van der Waals surface area contributed by atoms with Crippen molar-refractivity contribution in [3.05, 3.63) is 59.3 Å². The van der Waals surface area contributed by atoms with Crippen LogP contribution in [0.3, 0.4) is 0 Å². The molecular weight excluding hydrogens is 295 g/mol. The van der Waals surface area contributed by atoms with Crippen molar-refractivity contribution < 1.29 is 4.79 Å². The van der Waals surface area contributed by atoms with Crippen LogP contribution in [-0.4, -0.2) is 17.8 Å². The number of fused-ring (bicyclic) bond motifs is 1. The maximum Gasteiger partial charge on any atom is 0.160 e.